The van der Waals surface area contributed by atoms with Crippen molar-refractivity contribution in [3.8, 4) is 11.5 Å². The number of nitrogens with one attached hydrogen (secondary N) is 1. The van der Waals surface area contributed by atoms with Crippen molar-refractivity contribution in [3.63, 3.8) is 0 Å². The van der Waals surface area contributed by atoms with Gasteiger partial charge in [-0.05, 0) is 24.1 Å². The van der Waals surface area contributed by atoms with Crippen LogP contribution in [0.4, 0.5) is 0 Å². The molecule has 0 radical (unpaired) electrons. The number of hydrogen-bond acceptors (Lipinski definition) is 6. The monoisotopic (exact) mass is 404 g/mol. The molecule has 1 N–H and O–H groups in total. The molecule has 1 unspecified atom stereocenters. The zero-order chi connectivity index (χ0) is 21.1. The van der Waals surface area contributed by atoms with Crippen molar-refractivity contribution >= 4 is 11.6 Å². The van der Waals surface area contributed by atoms with Crippen molar-refractivity contribution in [2.45, 2.75) is 45.6 Å². The summed E-state index contributed by atoms with van der Waals surface area (Å²) in [5.74, 6) is 1.62. The van der Waals surface area contributed by atoms with E-state index in [-0.39, 0.29) is 24.3 Å². The fraction of sp³-hybridized carbons (Fsp3) is 0.318. The quantitative estimate of drug-likeness (QED) is 0.504. The Kier molecular flexibility index (Phi) is 5.56. The molecule has 4 aromatic rings. The predicted octanol–water partition coefficient (Wildman–Crippen LogP) is 3.71. The number of fused-ring (bicyclic) bond motifs is 1. The number of nitrogens with zero attached hydrogens (tertiary/aromatic N) is 5. The second-order valence-corrected chi connectivity index (χ2v) is 7.43. The Labute approximate surface area is 174 Å². The molecule has 8 heteroatoms. The Morgan fingerprint density at radius 3 is 2.63 bits per heavy atom. The first kappa shape index (κ1) is 19.8. The number of carbonyl (C=O) groups is 1. The summed E-state index contributed by atoms with van der Waals surface area (Å²) in [6, 6.07) is 13.5. The van der Waals surface area contributed by atoms with E-state index in [0.717, 1.165) is 12.0 Å². The van der Waals surface area contributed by atoms with Gasteiger partial charge in [0.2, 0.25) is 5.91 Å². The van der Waals surface area contributed by atoms with Gasteiger partial charge in [-0.3, -0.25) is 9.20 Å². The molecule has 3 heterocycles. The van der Waals surface area contributed by atoms with Gasteiger partial charge in [-0.2, -0.15) is 4.98 Å². The maximum Gasteiger partial charge on any atom is 0.261 e. The first-order valence-corrected chi connectivity index (χ1v) is 10.1. The van der Waals surface area contributed by atoms with Gasteiger partial charge in [0.1, 0.15) is 0 Å². The lowest BCUT2D eigenvalue weighted by atomic mass is 9.96. The van der Waals surface area contributed by atoms with Crippen LogP contribution < -0.4 is 5.32 Å². The van der Waals surface area contributed by atoms with Crippen LogP contribution >= 0.6 is 0 Å². The molecule has 0 spiro atoms. The van der Waals surface area contributed by atoms with Crippen LogP contribution in [0, 0.1) is 0 Å². The summed E-state index contributed by atoms with van der Waals surface area (Å²) in [5.41, 5.74) is 2.32. The molecule has 0 aliphatic rings. The molecule has 0 saturated heterocycles. The third-order valence-corrected chi connectivity index (χ3v) is 5.04. The Morgan fingerprint density at radius 2 is 1.93 bits per heavy atom. The second kappa shape index (κ2) is 8.44. The van der Waals surface area contributed by atoms with Gasteiger partial charge in [-0.25, -0.2) is 0 Å². The van der Waals surface area contributed by atoms with Crippen molar-refractivity contribution < 1.29 is 9.32 Å². The highest BCUT2D eigenvalue weighted by atomic mass is 16.5. The summed E-state index contributed by atoms with van der Waals surface area (Å²) in [6.45, 7) is 6.29. The molecule has 0 saturated carbocycles. The summed E-state index contributed by atoms with van der Waals surface area (Å²) in [4.78, 5) is 17.2. The van der Waals surface area contributed by atoms with Crippen molar-refractivity contribution in [2.24, 2.45) is 0 Å². The average Bonchev–Trinajstić information content (AvgIpc) is 3.41. The molecule has 3 aromatic heterocycles. The Morgan fingerprint density at radius 1 is 1.13 bits per heavy atom. The predicted molar refractivity (Wildman–Crippen MR) is 112 cm³/mol. The van der Waals surface area contributed by atoms with Gasteiger partial charge < -0.3 is 9.84 Å². The normalized spacial score (nSPS) is 12.4. The van der Waals surface area contributed by atoms with Crippen molar-refractivity contribution in [3.05, 3.63) is 65.9 Å². The van der Waals surface area contributed by atoms with E-state index in [2.05, 4.69) is 25.7 Å². The highest BCUT2D eigenvalue weighted by molar-refractivity contribution is 5.83. The number of rotatable bonds is 7. The minimum absolute atomic E-state index is 0.0323. The van der Waals surface area contributed by atoms with E-state index in [0.29, 0.717) is 28.8 Å². The molecule has 0 aliphatic carbocycles. The molecule has 0 bridgehead atoms. The number of amides is 1. The number of carbonyl (C=O) groups excluding carboxylic acids is 1. The van der Waals surface area contributed by atoms with E-state index < -0.39 is 0 Å². The zero-order valence-electron chi connectivity index (χ0n) is 17.2. The van der Waals surface area contributed by atoms with Crippen LogP contribution in [-0.4, -0.2) is 30.6 Å². The smallest absolute Gasteiger partial charge is 0.261 e. The lowest BCUT2D eigenvalue weighted by Gasteiger charge is -2.15. The van der Waals surface area contributed by atoms with Crippen LogP contribution in [0.1, 0.15) is 56.2 Å². The van der Waals surface area contributed by atoms with E-state index in [9.17, 15) is 4.79 Å². The van der Waals surface area contributed by atoms with Gasteiger partial charge in [0.15, 0.2) is 17.3 Å². The first-order chi connectivity index (χ1) is 14.6. The van der Waals surface area contributed by atoms with Crippen LogP contribution in [-0.2, 0) is 11.3 Å². The maximum absolute atomic E-state index is 12.8. The van der Waals surface area contributed by atoms with E-state index in [1.807, 2.05) is 73.8 Å². The average molecular weight is 404 g/mol. The van der Waals surface area contributed by atoms with Crippen LogP contribution in [0.2, 0.25) is 0 Å². The summed E-state index contributed by atoms with van der Waals surface area (Å²) in [7, 11) is 0. The zero-order valence-corrected chi connectivity index (χ0v) is 17.2. The summed E-state index contributed by atoms with van der Waals surface area (Å²) in [6.07, 6.45) is 2.57. The van der Waals surface area contributed by atoms with Crippen molar-refractivity contribution in [1.82, 2.24) is 30.1 Å². The number of aromatic nitrogens is 5. The number of pyridine rings is 1. The second-order valence-electron chi connectivity index (χ2n) is 7.43. The molecular formula is C22H24N6O2. The van der Waals surface area contributed by atoms with Gasteiger partial charge in [0, 0.05) is 12.1 Å². The number of benzene rings is 1. The highest BCUT2D eigenvalue weighted by Gasteiger charge is 2.20. The fourth-order valence-corrected chi connectivity index (χ4v) is 3.38. The summed E-state index contributed by atoms with van der Waals surface area (Å²) in [5, 5.41) is 15.6. The molecule has 0 fully saturated rings. The molecule has 0 aliphatic heterocycles. The van der Waals surface area contributed by atoms with Gasteiger partial charge in [-0.15, -0.1) is 10.2 Å². The largest absolute Gasteiger partial charge is 0.348 e. The SMILES string of the molecule is CCC(C(=O)NCc1nnc2c(-c3nc(C(C)C)no3)cccn12)c1ccccc1. The van der Waals surface area contributed by atoms with Crippen molar-refractivity contribution in [2.75, 3.05) is 0 Å². The topological polar surface area (TPSA) is 98.2 Å². The Hall–Kier alpha value is -3.55. The summed E-state index contributed by atoms with van der Waals surface area (Å²) >= 11 is 0. The van der Waals surface area contributed by atoms with E-state index in [4.69, 9.17) is 4.52 Å². The molecule has 1 amide bonds. The standard InChI is InChI=1S/C22H24N6O2/c1-4-16(15-9-6-5-7-10-15)21(29)23-13-18-25-26-20-17(11-8-12-28(18)20)22-24-19(14(2)3)27-30-22/h5-12,14,16H,4,13H2,1-3H3,(H,23,29). The summed E-state index contributed by atoms with van der Waals surface area (Å²) < 4.78 is 7.24. The maximum atomic E-state index is 12.8. The Balaban J connectivity index is 1.55. The van der Waals surface area contributed by atoms with Crippen LogP contribution in [0.15, 0.2) is 53.2 Å². The van der Waals surface area contributed by atoms with Crippen LogP contribution in [0.3, 0.4) is 0 Å². The first-order valence-electron chi connectivity index (χ1n) is 10.1. The lowest BCUT2D eigenvalue weighted by molar-refractivity contribution is -0.122. The molecule has 30 heavy (non-hydrogen) atoms. The third kappa shape index (κ3) is 3.80. The molecular weight excluding hydrogens is 380 g/mol. The van der Waals surface area contributed by atoms with Crippen LogP contribution in [0.25, 0.3) is 17.1 Å². The van der Waals surface area contributed by atoms with E-state index in [1.54, 1.807) is 0 Å². The molecule has 1 aromatic carbocycles. The molecule has 4 rings (SSSR count). The molecule has 1 atom stereocenters. The molecule has 154 valence electrons. The lowest BCUT2D eigenvalue weighted by Crippen LogP contribution is -2.29. The van der Waals surface area contributed by atoms with Gasteiger partial charge >= 0.3 is 0 Å². The van der Waals surface area contributed by atoms with E-state index >= 15 is 0 Å². The highest BCUT2D eigenvalue weighted by Crippen LogP contribution is 2.24. The van der Waals surface area contributed by atoms with Gasteiger partial charge in [-0.1, -0.05) is 56.3 Å². The third-order valence-electron chi connectivity index (χ3n) is 5.04. The van der Waals surface area contributed by atoms with Crippen molar-refractivity contribution in [1.29, 1.82) is 0 Å². The van der Waals surface area contributed by atoms with E-state index in [1.165, 1.54) is 0 Å². The fourth-order valence-electron chi connectivity index (χ4n) is 3.38. The van der Waals surface area contributed by atoms with Gasteiger partial charge in [0.25, 0.3) is 5.89 Å². The Bertz CT molecular complexity index is 1150. The minimum Gasteiger partial charge on any atom is -0.348 e. The van der Waals surface area contributed by atoms with Crippen LogP contribution in [0.5, 0.6) is 0 Å². The number of hydrogen-bond donors (Lipinski definition) is 1. The molecule has 8 nitrogen and oxygen atoms in total. The van der Waals surface area contributed by atoms with Gasteiger partial charge in [0.05, 0.1) is 18.0 Å². The minimum atomic E-state index is -0.200.